The summed E-state index contributed by atoms with van der Waals surface area (Å²) in [5, 5.41) is 30.2. The van der Waals surface area contributed by atoms with Crippen molar-refractivity contribution in [3.05, 3.63) is 41.2 Å². The van der Waals surface area contributed by atoms with Crippen LogP contribution in [-0.2, 0) is 4.79 Å². The Kier molecular flexibility index (Phi) is 4.94. The molecular weight excluding hydrogens is 344 g/mol. The molecule has 1 amide bonds. The van der Waals surface area contributed by atoms with Gasteiger partial charge in [0.25, 0.3) is 0 Å². The number of primary amides is 1. The second kappa shape index (κ2) is 6.85. The van der Waals surface area contributed by atoms with E-state index in [-0.39, 0.29) is 29.7 Å². The van der Waals surface area contributed by atoms with E-state index in [9.17, 15) is 20.1 Å². The average molecular weight is 366 g/mol. The first-order valence-corrected chi connectivity index (χ1v) is 8.80. The molecule has 3 rings (SSSR count). The first-order chi connectivity index (χ1) is 11.9. The third kappa shape index (κ3) is 2.98. The number of amides is 1. The number of thioether (sulfide) groups is 1. The summed E-state index contributed by atoms with van der Waals surface area (Å²) >= 11 is 1.46. The van der Waals surface area contributed by atoms with Crippen molar-refractivity contribution in [2.75, 3.05) is 6.61 Å². The summed E-state index contributed by atoms with van der Waals surface area (Å²) in [5.74, 6) is 4.82. The van der Waals surface area contributed by atoms with Crippen molar-refractivity contribution in [2.24, 2.45) is 23.2 Å². The molecule has 1 aromatic rings. The highest BCUT2D eigenvalue weighted by Gasteiger charge is 2.45. The summed E-state index contributed by atoms with van der Waals surface area (Å²) in [7, 11) is 0. The first-order valence-electron chi connectivity index (χ1n) is 7.92. The van der Waals surface area contributed by atoms with Crippen molar-refractivity contribution in [3.8, 4) is 0 Å². The predicted molar refractivity (Wildman–Crippen MR) is 92.5 cm³/mol. The van der Waals surface area contributed by atoms with Crippen LogP contribution < -0.4 is 17.3 Å². The number of nitrogens with two attached hydrogens (primary N) is 3. The molecule has 2 aliphatic rings. The smallest absolute Gasteiger partial charge is 0.249 e. The molecule has 1 aromatic carbocycles. The Morgan fingerprint density at radius 3 is 2.48 bits per heavy atom. The number of carbonyl (C=O) groups excluding carboxylic acids is 1. The minimum absolute atomic E-state index is 0.0330. The number of benzene rings is 1. The zero-order chi connectivity index (χ0) is 18.3. The molecule has 0 saturated heterocycles. The molecule has 8 nitrogen and oxygen atoms in total. The maximum atomic E-state index is 12.0. The van der Waals surface area contributed by atoms with E-state index in [1.807, 2.05) is 24.3 Å². The van der Waals surface area contributed by atoms with Gasteiger partial charge >= 0.3 is 0 Å². The molecule has 25 heavy (non-hydrogen) atoms. The summed E-state index contributed by atoms with van der Waals surface area (Å²) < 4.78 is 0. The predicted octanol–water partition coefficient (Wildman–Crippen LogP) is -1.23. The van der Waals surface area contributed by atoms with Crippen molar-refractivity contribution in [2.45, 2.75) is 34.8 Å². The molecule has 1 heterocycles. The molecular formula is C16H22N4O4S. The van der Waals surface area contributed by atoms with Crippen LogP contribution in [0.5, 0.6) is 0 Å². The number of nitrogens with zero attached hydrogens (tertiary/aromatic N) is 1. The zero-order valence-electron chi connectivity index (χ0n) is 13.4. The minimum atomic E-state index is -1.18. The molecule has 0 bridgehead atoms. The fourth-order valence-electron chi connectivity index (χ4n) is 3.41. The first kappa shape index (κ1) is 18.0. The number of rotatable bonds is 5. The fraction of sp³-hybridized carbons (Fsp3) is 0.438. The summed E-state index contributed by atoms with van der Waals surface area (Å²) in [5.41, 5.74) is 12.8. The van der Waals surface area contributed by atoms with Crippen molar-refractivity contribution in [1.82, 2.24) is 5.01 Å². The monoisotopic (exact) mass is 366 g/mol. The molecule has 1 unspecified atom stereocenters. The maximum Gasteiger partial charge on any atom is 0.249 e. The SMILES string of the molecule is NC(=O)/C(=C(\N)N(N)C1C[C@H](CO)[C@@H](O)[C@H]1O)[C@H]1Sc2ccccc21. The minimum Gasteiger partial charge on any atom is -0.396 e. The van der Waals surface area contributed by atoms with E-state index in [0.717, 1.165) is 15.5 Å². The van der Waals surface area contributed by atoms with Gasteiger partial charge in [-0.3, -0.25) is 9.80 Å². The van der Waals surface area contributed by atoms with Gasteiger partial charge in [-0.2, -0.15) is 0 Å². The lowest BCUT2D eigenvalue weighted by Gasteiger charge is -2.35. The van der Waals surface area contributed by atoms with Crippen LogP contribution in [0.25, 0.3) is 0 Å². The summed E-state index contributed by atoms with van der Waals surface area (Å²) in [4.78, 5) is 13.0. The van der Waals surface area contributed by atoms with Crippen LogP contribution in [-0.4, -0.2) is 51.1 Å². The molecule has 0 radical (unpaired) electrons. The number of hydrazine groups is 1. The number of aliphatic hydroxyl groups is 3. The lowest BCUT2D eigenvalue weighted by molar-refractivity contribution is -0.114. The molecule has 1 saturated carbocycles. The van der Waals surface area contributed by atoms with Gasteiger partial charge in [-0.15, -0.1) is 11.8 Å². The van der Waals surface area contributed by atoms with Gasteiger partial charge in [-0.25, -0.2) is 5.84 Å². The van der Waals surface area contributed by atoms with E-state index in [4.69, 9.17) is 17.3 Å². The molecule has 1 aliphatic heterocycles. The molecule has 1 fully saturated rings. The topological polar surface area (TPSA) is 159 Å². The second-order valence-electron chi connectivity index (χ2n) is 6.33. The number of fused-ring (bicyclic) bond motifs is 1. The zero-order valence-corrected chi connectivity index (χ0v) is 14.3. The second-order valence-corrected chi connectivity index (χ2v) is 7.48. The number of hydrogen-bond acceptors (Lipinski definition) is 8. The van der Waals surface area contributed by atoms with Crippen molar-refractivity contribution in [3.63, 3.8) is 0 Å². The van der Waals surface area contributed by atoms with Crippen LogP contribution in [0.3, 0.4) is 0 Å². The van der Waals surface area contributed by atoms with Gasteiger partial charge < -0.3 is 26.8 Å². The quantitative estimate of drug-likeness (QED) is 0.215. The third-order valence-corrected chi connectivity index (χ3v) is 6.24. The summed E-state index contributed by atoms with van der Waals surface area (Å²) in [6.45, 7) is -0.277. The largest absolute Gasteiger partial charge is 0.396 e. The average Bonchev–Trinajstić information content (AvgIpc) is 2.86. The Balaban J connectivity index is 1.90. The van der Waals surface area contributed by atoms with Crippen molar-refractivity contribution < 1.29 is 20.1 Å². The standard InChI is InChI=1S/C16H22N4O4S/c17-15(20(19)9-5-7(6-21)12(22)13(9)23)11(16(18)24)14-8-3-1-2-4-10(8)25-14/h1-4,7,9,12-14,21-23H,5-6,17,19H2,(H2,18,24)/b15-11+/t7-,9?,12-,13+,14+/m1/s1. The van der Waals surface area contributed by atoms with E-state index < -0.39 is 30.1 Å². The molecule has 0 aromatic heterocycles. The van der Waals surface area contributed by atoms with E-state index in [0.29, 0.717) is 0 Å². The maximum absolute atomic E-state index is 12.0. The van der Waals surface area contributed by atoms with Gasteiger partial charge in [-0.05, 0) is 18.1 Å². The molecule has 1 aliphatic carbocycles. The van der Waals surface area contributed by atoms with Gasteiger partial charge in [0.1, 0.15) is 11.9 Å². The van der Waals surface area contributed by atoms with Crippen LogP contribution in [0.2, 0.25) is 0 Å². The van der Waals surface area contributed by atoms with Crippen LogP contribution in [0, 0.1) is 5.92 Å². The molecule has 0 spiro atoms. The van der Waals surface area contributed by atoms with Crippen LogP contribution in [0.1, 0.15) is 17.2 Å². The summed E-state index contributed by atoms with van der Waals surface area (Å²) in [6.07, 6.45) is -2.04. The van der Waals surface area contributed by atoms with E-state index in [1.165, 1.54) is 11.8 Å². The van der Waals surface area contributed by atoms with E-state index in [2.05, 4.69) is 0 Å². The van der Waals surface area contributed by atoms with E-state index >= 15 is 0 Å². The van der Waals surface area contributed by atoms with Crippen LogP contribution >= 0.6 is 11.8 Å². The van der Waals surface area contributed by atoms with Crippen molar-refractivity contribution in [1.29, 1.82) is 0 Å². The third-order valence-electron chi connectivity index (χ3n) is 4.89. The number of aliphatic hydroxyl groups excluding tert-OH is 3. The van der Waals surface area contributed by atoms with Gasteiger partial charge in [0.15, 0.2) is 0 Å². The Labute approximate surface area is 149 Å². The van der Waals surface area contributed by atoms with Crippen molar-refractivity contribution >= 4 is 17.7 Å². The normalized spacial score (nSPS) is 31.8. The highest BCUT2D eigenvalue weighted by atomic mass is 32.2. The highest BCUT2D eigenvalue weighted by molar-refractivity contribution is 8.01. The highest BCUT2D eigenvalue weighted by Crippen LogP contribution is 2.53. The van der Waals surface area contributed by atoms with Gasteiger partial charge in [0, 0.05) is 17.4 Å². The molecule has 136 valence electrons. The summed E-state index contributed by atoms with van der Waals surface area (Å²) in [6, 6.07) is 6.88. The molecule has 5 atom stereocenters. The van der Waals surface area contributed by atoms with E-state index in [1.54, 1.807) is 0 Å². The Morgan fingerprint density at radius 1 is 1.24 bits per heavy atom. The Bertz CT molecular complexity index is 713. The van der Waals surface area contributed by atoms with Crippen LogP contribution in [0.15, 0.2) is 40.6 Å². The van der Waals surface area contributed by atoms with Gasteiger partial charge in [-0.1, -0.05) is 18.2 Å². The Morgan fingerprint density at radius 2 is 1.92 bits per heavy atom. The molecule has 9 N–H and O–H groups in total. The fourth-order valence-corrected chi connectivity index (χ4v) is 4.65. The van der Waals surface area contributed by atoms with Crippen LogP contribution in [0.4, 0.5) is 0 Å². The number of carbonyl (C=O) groups is 1. The van der Waals surface area contributed by atoms with Gasteiger partial charge in [0.05, 0.1) is 23.0 Å². The molecule has 9 heteroatoms. The lowest BCUT2D eigenvalue weighted by atomic mass is 10.0. The number of hydrogen-bond donors (Lipinski definition) is 6. The lowest BCUT2D eigenvalue weighted by Crippen LogP contribution is -2.50. The van der Waals surface area contributed by atoms with Gasteiger partial charge in [0.2, 0.25) is 5.91 Å². The Hall–Kier alpha value is -1.78.